The molecule has 0 aliphatic carbocycles. The summed E-state index contributed by atoms with van der Waals surface area (Å²) < 4.78 is 13.7. The summed E-state index contributed by atoms with van der Waals surface area (Å²) in [6.45, 7) is 9.06. The van der Waals surface area contributed by atoms with Crippen molar-refractivity contribution in [3.05, 3.63) is 41.7 Å². The van der Waals surface area contributed by atoms with Gasteiger partial charge in [-0.15, -0.1) is 0 Å². The predicted octanol–water partition coefficient (Wildman–Crippen LogP) is 2.91. The highest BCUT2D eigenvalue weighted by atomic mass is 19.1. The molecule has 0 amide bonds. The minimum absolute atomic E-state index is 0.115. The lowest BCUT2D eigenvalue weighted by Gasteiger charge is -2.36. The van der Waals surface area contributed by atoms with Crippen LogP contribution in [-0.2, 0) is 0 Å². The van der Waals surface area contributed by atoms with Crippen LogP contribution < -0.4 is 4.90 Å². The minimum Gasteiger partial charge on any atom is -0.367 e. The van der Waals surface area contributed by atoms with Crippen LogP contribution in [-0.4, -0.2) is 37.6 Å². The van der Waals surface area contributed by atoms with Gasteiger partial charge in [-0.2, -0.15) is 0 Å². The van der Waals surface area contributed by atoms with Crippen LogP contribution in [0.15, 0.2) is 35.9 Å². The molecule has 98 valence electrons. The Morgan fingerprint density at radius 1 is 1.22 bits per heavy atom. The number of rotatable bonds is 3. The average molecular weight is 248 g/mol. The standard InChI is InChI=1S/C15H21FN2/c1-3-13(2)12-17-8-10-18(11-9-17)15-7-5-4-6-14(15)16/h3-7H,8-12H2,1-2H3/b13-3-. The van der Waals surface area contributed by atoms with Gasteiger partial charge >= 0.3 is 0 Å². The predicted molar refractivity (Wildman–Crippen MR) is 74.5 cm³/mol. The van der Waals surface area contributed by atoms with Gasteiger partial charge in [0, 0.05) is 32.7 Å². The summed E-state index contributed by atoms with van der Waals surface area (Å²) in [5.41, 5.74) is 2.13. The summed E-state index contributed by atoms with van der Waals surface area (Å²) in [4.78, 5) is 4.56. The highest BCUT2D eigenvalue weighted by Gasteiger charge is 2.18. The normalized spacial score (nSPS) is 18.2. The van der Waals surface area contributed by atoms with Crippen molar-refractivity contribution in [3.63, 3.8) is 0 Å². The molecule has 3 heteroatoms. The highest BCUT2D eigenvalue weighted by molar-refractivity contribution is 5.48. The number of hydrogen-bond donors (Lipinski definition) is 0. The molecule has 0 aromatic heterocycles. The van der Waals surface area contributed by atoms with E-state index in [1.165, 1.54) is 11.6 Å². The van der Waals surface area contributed by atoms with Crippen LogP contribution in [0.4, 0.5) is 10.1 Å². The molecule has 1 saturated heterocycles. The van der Waals surface area contributed by atoms with Gasteiger partial charge in [0.15, 0.2) is 0 Å². The first kappa shape index (κ1) is 13.1. The highest BCUT2D eigenvalue weighted by Crippen LogP contribution is 2.20. The van der Waals surface area contributed by atoms with Gasteiger partial charge in [0.05, 0.1) is 5.69 Å². The molecule has 2 rings (SSSR count). The molecule has 0 bridgehead atoms. The molecule has 1 heterocycles. The molecule has 0 saturated carbocycles. The fourth-order valence-corrected chi connectivity index (χ4v) is 2.30. The lowest BCUT2D eigenvalue weighted by Crippen LogP contribution is -2.47. The van der Waals surface area contributed by atoms with Crippen molar-refractivity contribution >= 4 is 5.69 Å². The number of allylic oxidation sites excluding steroid dienone is 1. The Morgan fingerprint density at radius 3 is 2.50 bits per heavy atom. The van der Waals surface area contributed by atoms with Gasteiger partial charge in [0.2, 0.25) is 0 Å². The number of halogens is 1. The fourth-order valence-electron chi connectivity index (χ4n) is 2.30. The van der Waals surface area contributed by atoms with Crippen molar-refractivity contribution in [2.24, 2.45) is 0 Å². The molecule has 18 heavy (non-hydrogen) atoms. The van der Waals surface area contributed by atoms with E-state index in [0.29, 0.717) is 0 Å². The average Bonchev–Trinajstić information content (AvgIpc) is 2.40. The van der Waals surface area contributed by atoms with Crippen molar-refractivity contribution < 1.29 is 4.39 Å². The number of para-hydroxylation sites is 1. The maximum atomic E-state index is 13.7. The van der Waals surface area contributed by atoms with Gasteiger partial charge in [-0.3, -0.25) is 4.90 Å². The van der Waals surface area contributed by atoms with Gasteiger partial charge in [0.25, 0.3) is 0 Å². The molecule has 0 N–H and O–H groups in total. The van der Waals surface area contributed by atoms with Crippen LogP contribution in [0, 0.1) is 5.82 Å². The Labute approximate surface area is 109 Å². The van der Waals surface area contributed by atoms with Gasteiger partial charge in [-0.25, -0.2) is 4.39 Å². The van der Waals surface area contributed by atoms with Crippen LogP contribution in [0.2, 0.25) is 0 Å². The quantitative estimate of drug-likeness (QED) is 0.759. The molecule has 0 spiro atoms. The van der Waals surface area contributed by atoms with Crippen LogP contribution in [0.5, 0.6) is 0 Å². The molecular weight excluding hydrogens is 227 g/mol. The van der Waals surface area contributed by atoms with Crippen molar-refractivity contribution in [1.82, 2.24) is 4.90 Å². The first-order valence-electron chi connectivity index (χ1n) is 6.54. The topological polar surface area (TPSA) is 6.48 Å². The van der Waals surface area contributed by atoms with Gasteiger partial charge in [-0.05, 0) is 26.0 Å². The van der Waals surface area contributed by atoms with Crippen LogP contribution >= 0.6 is 0 Å². The van der Waals surface area contributed by atoms with Crippen molar-refractivity contribution in [3.8, 4) is 0 Å². The van der Waals surface area contributed by atoms with Crippen LogP contribution in [0.25, 0.3) is 0 Å². The molecule has 0 atom stereocenters. The summed E-state index contributed by atoms with van der Waals surface area (Å²) in [7, 11) is 0. The SMILES string of the molecule is C/C=C(/C)CN1CCN(c2ccccc2F)CC1. The zero-order chi connectivity index (χ0) is 13.0. The Bertz CT molecular complexity index is 420. The summed E-state index contributed by atoms with van der Waals surface area (Å²) in [5.74, 6) is -0.115. The molecule has 1 aliphatic rings. The number of hydrogen-bond acceptors (Lipinski definition) is 2. The third-order valence-corrected chi connectivity index (χ3v) is 3.53. The lowest BCUT2D eigenvalue weighted by molar-refractivity contribution is 0.277. The van der Waals surface area contributed by atoms with E-state index in [2.05, 4.69) is 29.7 Å². The van der Waals surface area contributed by atoms with E-state index in [0.717, 1.165) is 38.4 Å². The van der Waals surface area contributed by atoms with Crippen molar-refractivity contribution in [2.45, 2.75) is 13.8 Å². The fraction of sp³-hybridized carbons (Fsp3) is 0.467. The second-order valence-electron chi connectivity index (χ2n) is 4.85. The number of anilines is 1. The first-order valence-corrected chi connectivity index (χ1v) is 6.54. The summed E-state index contributed by atoms with van der Waals surface area (Å²) in [5, 5.41) is 0. The number of benzene rings is 1. The summed E-state index contributed by atoms with van der Waals surface area (Å²) in [6.07, 6.45) is 2.16. The second-order valence-corrected chi connectivity index (χ2v) is 4.85. The molecule has 2 nitrogen and oxygen atoms in total. The van der Waals surface area contributed by atoms with E-state index in [4.69, 9.17) is 0 Å². The Balaban J connectivity index is 1.93. The first-order chi connectivity index (χ1) is 8.70. The number of piperazine rings is 1. The van der Waals surface area contributed by atoms with E-state index < -0.39 is 0 Å². The molecular formula is C15H21FN2. The molecule has 1 fully saturated rings. The zero-order valence-electron chi connectivity index (χ0n) is 11.2. The van der Waals surface area contributed by atoms with E-state index in [1.54, 1.807) is 6.07 Å². The third kappa shape index (κ3) is 3.10. The maximum Gasteiger partial charge on any atom is 0.146 e. The van der Waals surface area contributed by atoms with E-state index in [-0.39, 0.29) is 5.82 Å². The Morgan fingerprint density at radius 2 is 1.89 bits per heavy atom. The third-order valence-electron chi connectivity index (χ3n) is 3.53. The molecule has 1 aromatic carbocycles. The molecule has 0 unspecified atom stereocenters. The van der Waals surface area contributed by atoms with Gasteiger partial charge in [-0.1, -0.05) is 23.8 Å². The number of nitrogens with zero attached hydrogens (tertiary/aromatic N) is 2. The van der Waals surface area contributed by atoms with Crippen LogP contribution in [0.1, 0.15) is 13.8 Å². The zero-order valence-corrected chi connectivity index (χ0v) is 11.2. The van der Waals surface area contributed by atoms with E-state index in [9.17, 15) is 4.39 Å². The Hall–Kier alpha value is -1.35. The van der Waals surface area contributed by atoms with Gasteiger partial charge < -0.3 is 4.90 Å². The summed E-state index contributed by atoms with van der Waals surface area (Å²) in [6, 6.07) is 7.03. The van der Waals surface area contributed by atoms with Gasteiger partial charge in [0.1, 0.15) is 5.82 Å². The van der Waals surface area contributed by atoms with E-state index in [1.807, 2.05) is 12.1 Å². The van der Waals surface area contributed by atoms with E-state index >= 15 is 0 Å². The maximum absolute atomic E-state index is 13.7. The summed E-state index contributed by atoms with van der Waals surface area (Å²) >= 11 is 0. The molecule has 1 aliphatic heterocycles. The monoisotopic (exact) mass is 248 g/mol. The smallest absolute Gasteiger partial charge is 0.146 e. The van der Waals surface area contributed by atoms with Crippen LogP contribution in [0.3, 0.4) is 0 Å². The largest absolute Gasteiger partial charge is 0.367 e. The molecule has 0 radical (unpaired) electrons. The second kappa shape index (κ2) is 6.01. The van der Waals surface area contributed by atoms with Crippen molar-refractivity contribution in [1.29, 1.82) is 0 Å². The van der Waals surface area contributed by atoms with Crippen molar-refractivity contribution in [2.75, 3.05) is 37.6 Å². The molecule has 1 aromatic rings. The lowest BCUT2D eigenvalue weighted by atomic mass is 10.2. The minimum atomic E-state index is -0.115. The Kier molecular flexibility index (Phi) is 4.37.